The van der Waals surface area contributed by atoms with E-state index in [0.717, 1.165) is 17.4 Å². The smallest absolute Gasteiger partial charge is 0.332 e. The first-order valence-corrected chi connectivity index (χ1v) is 5.25. The summed E-state index contributed by atoms with van der Waals surface area (Å²) in [4.78, 5) is 35.8. The van der Waals surface area contributed by atoms with Crippen LogP contribution in [0.4, 0.5) is 0 Å². The maximum absolute atomic E-state index is 11.4. The number of hydrogen-bond donors (Lipinski definition) is 1. The number of thiazole rings is 1. The number of carbonyl (C=O) groups is 2. The first-order valence-electron chi connectivity index (χ1n) is 4.43. The third kappa shape index (κ3) is 2.89. The second-order valence-electron chi connectivity index (χ2n) is 2.96. The average Bonchev–Trinajstić information content (AvgIpc) is 2.60. The number of rotatable bonds is 2. The molecule has 0 amide bonds. The number of ether oxygens (including phenoxy) is 1. The van der Waals surface area contributed by atoms with Gasteiger partial charge < -0.3 is 9.72 Å². The van der Waals surface area contributed by atoms with E-state index in [1.54, 1.807) is 6.07 Å². The lowest BCUT2D eigenvalue weighted by atomic mass is 10.2. The van der Waals surface area contributed by atoms with Crippen LogP contribution in [-0.4, -0.2) is 23.8 Å². The average molecular weight is 252 g/mol. The van der Waals surface area contributed by atoms with Gasteiger partial charge in [-0.05, 0) is 6.92 Å². The highest BCUT2D eigenvalue weighted by Crippen LogP contribution is 1.91. The van der Waals surface area contributed by atoms with Crippen molar-refractivity contribution in [2.75, 3.05) is 7.11 Å². The number of carbonyl (C=O) groups excluding carboxylic acids is 2. The van der Waals surface area contributed by atoms with Crippen LogP contribution in [-0.2, 0) is 14.3 Å². The Bertz CT molecular complexity index is 674. The van der Waals surface area contributed by atoms with E-state index in [2.05, 4.69) is 9.72 Å². The summed E-state index contributed by atoms with van der Waals surface area (Å²) in [5.41, 5.74) is -0.680. The van der Waals surface area contributed by atoms with E-state index in [-0.39, 0.29) is 14.8 Å². The van der Waals surface area contributed by atoms with Crippen molar-refractivity contribution in [3.05, 3.63) is 19.5 Å². The highest BCUT2D eigenvalue weighted by atomic mass is 32.1. The fourth-order valence-electron chi connectivity index (χ4n) is 1.01. The van der Waals surface area contributed by atoms with Crippen LogP contribution < -0.4 is 14.8 Å². The summed E-state index contributed by atoms with van der Waals surface area (Å²) in [5.74, 6) is -1.13. The molecule has 0 radical (unpaired) electrons. The van der Waals surface area contributed by atoms with Gasteiger partial charge in [0.05, 0.1) is 7.11 Å². The first kappa shape index (κ1) is 12.9. The molecule has 1 aromatic heterocycles. The molecule has 1 rings (SSSR count). The number of ketones is 1. The Kier molecular flexibility index (Phi) is 3.96. The number of hydrogen-bond acceptors (Lipinski definition) is 6. The van der Waals surface area contributed by atoms with Gasteiger partial charge in [-0.3, -0.25) is 9.59 Å². The summed E-state index contributed by atoms with van der Waals surface area (Å²) in [6, 6.07) is 1.70. The maximum Gasteiger partial charge on any atom is 0.332 e. The van der Waals surface area contributed by atoms with Gasteiger partial charge >= 0.3 is 5.97 Å². The van der Waals surface area contributed by atoms with Crippen LogP contribution in [0.2, 0.25) is 0 Å². The summed E-state index contributed by atoms with van der Waals surface area (Å²) in [7, 11) is 1.18. The van der Waals surface area contributed by atoms with Crippen molar-refractivity contribution in [3.63, 3.8) is 0 Å². The summed E-state index contributed by atoms with van der Waals surface area (Å²) in [6.45, 7) is 1.22. The number of nitriles is 1. The van der Waals surface area contributed by atoms with Crippen molar-refractivity contribution in [2.24, 2.45) is 0 Å². The van der Waals surface area contributed by atoms with Gasteiger partial charge in [-0.2, -0.15) is 5.26 Å². The Morgan fingerprint density at radius 3 is 2.65 bits per heavy atom. The molecule has 6 nitrogen and oxygen atoms in total. The number of methoxy groups -OCH3 is 1. The highest BCUT2D eigenvalue weighted by molar-refractivity contribution is 7.07. The van der Waals surface area contributed by atoms with Crippen molar-refractivity contribution in [1.82, 2.24) is 4.98 Å². The Labute approximate surface area is 99.5 Å². The molecule has 0 saturated heterocycles. The van der Waals surface area contributed by atoms with Crippen LogP contribution in [0, 0.1) is 11.3 Å². The van der Waals surface area contributed by atoms with Crippen molar-refractivity contribution >= 4 is 34.7 Å². The first-order chi connectivity index (χ1) is 7.99. The molecule has 88 valence electrons. The molecule has 0 bridgehead atoms. The lowest BCUT2D eigenvalue weighted by Gasteiger charge is -1.85. The van der Waals surface area contributed by atoms with Gasteiger partial charge in [0.1, 0.15) is 20.8 Å². The van der Waals surface area contributed by atoms with Crippen molar-refractivity contribution in [3.8, 4) is 6.07 Å². The third-order valence-corrected chi connectivity index (χ3v) is 2.84. The summed E-state index contributed by atoms with van der Waals surface area (Å²) >= 11 is 0.859. The van der Waals surface area contributed by atoms with Gasteiger partial charge in [0.15, 0.2) is 5.78 Å². The molecular formula is C10H8N2O4S. The van der Waals surface area contributed by atoms with Gasteiger partial charge in [0.2, 0.25) is 0 Å². The number of aromatic amines is 1. The number of nitrogens with one attached hydrogen (secondary N) is 1. The zero-order valence-electron chi connectivity index (χ0n) is 9.07. The van der Waals surface area contributed by atoms with E-state index in [1.165, 1.54) is 14.0 Å². The molecule has 1 aromatic rings. The molecular weight excluding hydrogens is 244 g/mol. The van der Waals surface area contributed by atoms with Crippen LogP contribution in [0.3, 0.4) is 0 Å². The molecule has 0 aliphatic rings. The van der Waals surface area contributed by atoms with Gasteiger partial charge in [0, 0.05) is 6.08 Å². The van der Waals surface area contributed by atoms with Crippen molar-refractivity contribution < 1.29 is 14.3 Å². The van der Waals surface area contributed by atoms with E-state index < -0.39 is 17.3 Å². The number of esters is 1. The predicted octanol–water partition coefficient (Wildman–Crippen LogP) is -1.35. The number of H-pyrrole nitrogens is 1. The molecule has 17 heavy (non-hydrogen) atoms. The van der Waals surface area contributed by atoms with Crippen LogP contribution in [0.15, 0.2) is 4.79 Å². The van der Waals surface area contributed by atoms with Crippen LogP contribution >= 0.6 is 11.3 Å². The fourth-order valence-corrected chi connectivity index (χ4v) is 1.96. The van der Waals surface area contributed by atoms with Crippen LogP contribution in [0.5, 0.6) is 0 Å². The van der Waals surface area contributed by atoms with E-state index in [0.29, 0.717) is 0 Å². The maximum atomic E-state index is 11.4. The van der Waals surface area contributed by atoms with Gasteiger partial charge in [-0.1, -0.05) is 0 Å². The van der Waals surface area contributed by atoms with Crippen LogP contribution in [0.25, 0.3) is 11.6 Å². The van der Waals surface area contributed by atoms with Crippen LogP contribution in [0.1, 0.15) is 6.92 Å². The van der Waals surface area contributed by atoms with Gasteiger partial charge in [-0.15, -0.1) is 11.3 Å². The van der Waals surface area contributed by atoms with Gasteiger partial charge in [-0.25, -0.2) is 4.79 Å². The zero-order chi connectivity index (χ0) is 13.0. The molecule has 0 aliphatic carbocycles. The molecule has 1 N–H and O–H groups in total. The largest absolute Gasteiger partial charge is 0.466 e. The van der Waals surface area contributed by atoms with Crippen molar-refractivity contribution in [1.29, 1.82) is 5.26 Å². The number of Topliss-reactive ketones (excluding diaryl/α,β-unsaturated/α-hetero) is 1. The summed E-state index contributed by atoms with van der Waals surface area (Å²) in [5, 5.41) is 8.75. The Hall–Kier alpha value is -2.20. The highest BCUT2D eigenvalue weighted by Gasteiger charge is 2.07. The van der Waals surface area contributed by atoms with E-state index in [1.807, 2.05) is 0 Å². The van der Waals surface area contributed by atoms with E-state index in [9.17, 15) is 14.4 Å². The monoisotopic (exact) mass is 252 g/mol. The fraction of sp³-hybridized carbons (Fsp3) is 0.200. The second kappa shape index (κ2) is 5.23. The minimum atomic E-state index is -0.676. The molecule has 0 atom stereocenters. The molecule has 0 aliphatic heterocycles. The molecule has 1 heterocycles. The zero-order valence-corrected chi connectivity index (χ0v) is 9.88. The molecule has 0 unspecified atom stereocenters. The quantitative estimate of drug-likeness (QED) is 0.656. The SMILES string of the molecule is COC(=O)/C=c1/s/c(=C(\C#N)C(C)=O)[nH]c1=O. The molecule has 0 spiro atoms. The second-order valence-corrected chi connectivity index (χ2v) is 4.01. The van der Waals surface area contributed by atoms with Gasteiger partial charge in [0.25, 0.3) is 5.56 Å². The Morgan fingerprint density at radius 1 is 1.53 bits per heavy atom. The molecule has 0 aromatic carbocycles. The third-order valence-electron chi connectivity index (χ3n) is 1.80. The standard InChI is InChI=1S/C10H8N2O4S/c1-5(13)6(4-11)10-12-9(15)7(17-10)3-8(14)16-2/h3H,1-2H3,(H,12,15)/b7-3+,10-6+. The minimum absolute atomic E-state index is 0.0841. The molecule has 0 saturated carbocycles. The van der Waals surface area contributed by atoms with Crippen molar-refractivity contribution in [2.45, 2.75) is 6.92 Å². The van der Waals surface area contributed by atoms with E-state index in [4.69, 9.17) is 5.26 Å². The lowest BCUT2D eigenvalue weighted by Crippen LogP contribution is -2.22. The Morgan fingerprint density at radius 2 is 2.18 bits per heavy atom. The molecule has 0 fully saturated rings. The number of nitrogens with zero attached hydrogens (tertiary/aromatic N) is 1. The lowest BCUT2D eigenvalue weighted by molar-refractivity contribution is -0.133. The predicted molar refractivity (Wildman–Crippen MR) is 60.4 cm³/mol. The summed E-state index contributed by atoms with van der Waals surface area (Å²) < 4.78 is 4.60. The van der Waals surface area contributed by atoms with E-state index >= 15 is 0 Å². The summed E-state index contributed by atoms with van der Waals surface area (Å²) in [6.07, 6.45) is 1.00. The Balaban J connectivity index is 3.57. The number of aromatic nitrogens is 1. The topological polar surface area (TPSA) is 100 Å². The minimum Gasteiger partial charge on any atom is -0.466 e. The molecule has 7 heteroatoms. The normalized spacial score (nSPS) is 12.9.